The Hall–Kier alpha value is -0.820. The summed E-state index contributed by atoms with van der Waals surface area (Å²) in [5.74, 6) is 0.108. The van der Waals surface area contributed by atoms with E-state index in [4.69, 9.17) is 17.3 Å². The second-order valence-corrected chi connectivity index (χ2v) is 7.66. The molecule has 1 saturated heterocycles. The van der Waals surface area contributed by atoms with Crippen molar-refractivity contribution in [2.75, 3.05) is 51.3 Å². The monoisotopic (exact) mass is 317 g/mol. The molecule has 2 N–H and O–H groups in total. The number of nitrogens with two attached hydrogens (primary N) is 1. The minimum atomic E-state index is -3.31. The van der Waals surface area contributed by atoms with Crippen molar-refractivity contribution in [1.29, 1.82) is 0 Å². The molecule has 0 bridgehead atoms. The molecule has 0 saturated carbocycles. The highest BCUT2D eigenvalue weighted by Crippen LogP contribution is 2.23. The molecule has 0 spiro atoms. The first-order chi connectivity index (χ1) is 9.38. The van der Waals surface area contributed by atoms with E-state index in [0.717, 1.165) is 26.2 Å². The fourth-order valence-corrected chi connectivity index (χ4v) is 3.69. The topological polar surface area (TPSA) is 66.6 Å². The number of benzene rings is 1. The van der Waals surface area contributed by atoms with Crippen LogP contribution in [0.25, 0.3) is 0 Å². The van der Waals surface area contributed by atoms with Crippen LogP contribution in [0.5, 0.6) is 0 Å². The summed E-state index contributed by atoms with van der Waals surface area (Å²) in [7, 11) is -1.23. The van der Waals surface area contributed by atoms with Crippen molar-refractivity contribution in [3.63, 3.8) is 0 Å². The van der Waals surface area contributed by atoms with Crippen molar-refractivity contribution in [3.05, 3.63) is 23.2 Å². The Morgan fingerprint density at radius 1 is 1.25 bits per heavy atom. The number of hydrogen-bond donors (Lipinski definition) is 1. The molecule has 7 heteroatoms. The first-order valence-electron chi connectivity index (χ1n) is 6.57. The molecule has 0 atom stereocenters. The van der Waals surface area contributed by atoms with Crippen molar-refractivity contribution < 1.29 is 8.42 Å². The van der Waals surface area contributed by atoms with E-state index in [9.17, 15) is 8.42 Å². The molecule has 0 radical (unpaired) electrons. The Balaban J connectivity index is 1.98. The van der Waals surface area contributed by atoms with Gasteiger partial charge in [-0.3, -0.25) is 4.90 Å². The summed E-state index contributed by atoms with van der Waals surface area (Å²) in [6.45, 7) is 4.34. The van der Waals surface area contributed by atoms with Gasteiger partial charge in [0, 0.05) is 32.7 Å². The number of hydrogen-bond acceptors (Lipinski definition) is 5. The minimum absolute atomic E-state index is 0.108. The van der Waals surface area contributed by atoms with Gasteiger partial charge in [-0.2, -0.15) is 0 Å². The van der Waals surface area contributed by atoms with Gasteiger partial charge >= 0.3 is 0 Å². The van der Waals surface area contributed by atoms with Crippen LogP contribution in [-0.4, -0.2) is 63.7 Å². The summed E-state index contributed by atoms with van der Waals surface area (Å²) in [4.78, 5) is 4.66. The number of nitrogens with zero attached hydrogens (tertiary/aromatic N) is 2. The molecule has 5 nitrogen and oxygen atoms in total. The number of piperazine rings is 1. The molecule has 112 valence electrons. The predicted octanol–water partition coefficient (Wildman–Crippen LogP) is 0.943. The molecule has 1 aliphatic rings. The Labute approximate surface area is 125 Å². The van der Waals surface area contributed by atoms with Crippen LogP contribution >= 0.6 is 11.6 Å². The van der Waals surface area contributed by atoms with E-state index in [1.807, 2.05) is 0 Å². The zero-order valence-electron chi connectivity index (χ0n) is 11.5. The molecule has 0 aromatic heterocycles. The van der Waals surface area contributed by atoms with Gasteiger partial charge in [0.05, 0.1) is 21.4 Å². The van der Waals surface area contributed by atoms with Crippen molar-refractivity contribution in [1.82, 2.24) is 9.80 Å². The maximum absolute atomic E-state index is 12.3. The molecule has 0 unspecified atom stereocenters. The van der Waals surface area contributed by atoms with E-state index in [0.29, 0.717) is 12.2 Å². The zero-order chi connectivity index (χ0) is 14.8. The Morgan fingerprint density at radius 2 is 1.90 bits per heavy atom. The number of anilines is 1. The maximum atomic E-state index is 12.3. The number of halogens is 1. The third-order valence-corrected chi connectivity index (χ3v) is 5.62. The highest BCUT2D eigenvalue weighted by atomic mass is 35.5. The predicted molar refractivity (Wildman–Crippen MR) is 81.9 cm³/mol. The van der Waals surface area contributed by atoms with Crippen molar-refractivity contribution >= 4 is 27.1 Å². The van der Waals surface area contributed by atoms with Gasteiger partial charge in [-0.1, -0.05) is 11.6 Å². The average Bonchev–Trinajstić information content (AvgIpc) is 2.41. The SMILES string of the molecule is CN1CCN(CCS(=O)(=O)c2ccc(N)c(Cl)c2)CC1. The molecule has 20 heavy (non-hydrogen) atoms. The van der Waals surface area contributed by atoms with E-state index in [1.165, 1.54) is 18.2 Å². The van der Waals surface area contributed by atoms with Crippen LogP contribution in [0.4, 0.5) is 5.69 Å². The van der Waals surface area contributed by atoms with E-state index >= 15 is 0 Å². The van der Waals surface area contributed by atoms with Crippen LogP contribution < -0.4 is 5.73 Å². The second-order valence-electron chi connectivity index (χ2n) is 5.15. The van der Waals surface area contributed by atoms with Gasteiger partial charge in [0.2, 0.25) is 0 Å². The van der Waals surface area contributed by atoms with Gasteiger partial charge in [-0.25, -0.2) is 8.42 Å². The Kier molecular flexibility index (Phi) is 4.90. The van der Waals surface area contributed by atoms with Crippen LogP contribution in [0.15, 0.2) is 23.1 Å². The Morgan fingerprint density at radius 3 is 2.50 bits per heavy atom. The third-order valence-electron chi connectivity index (χ3n) is 3.60. The number of sulfone groups is 1. The first kappa shape index (κ1) is 15.6. The molecule has 1 aliphatic heterocycles. The van der Waals surface area contributed by atoms with Gasteiger partial charge in [-0.05, 0) is 25.2 Å². The molecular weight excluding hydrogens is 298 g/mol. The summed E-state index contributed by atoms with van der Waals surface area (Å²) in [6, 6.07) is 4.47. The smallest absolute Gasteiger partial charge is 0.179 e. The fraction of sp³-hybridized carbons (Fsp3) is 0.538. The second kappa shape index (κ2) is 6.30. The average molecular weight is 318 g/mol. The zero-order valence-corrected chi connectivity index (χ0v) is 13.1. The van der Waals surface area contributed by atoms with Crippen molar-refractivity contribution in [3.8, 4) is 0 Å². The standard InChI is InChI=1S/C13H20ClN3O2S/c1-16-4-6-17(7-5-16)8-9-20(18,19)11-2-3-13(15)12(14)10-11/h2-3,10H,4-9,15H2,1H3. The van der Waals surface area contributed by atoms with Gasteiger partial charge in [-0.15, -0.1) is 0 Å². The van der Waals surface area contributed by atoms with Gasteiger partial charge in [0.1, 0.15) is 0 Å². The lowest BCUT2D eigenvalue weighted by Crippen LogP contribution is -2.45. The van der Waals surface area contributed by atoms with Gasteiger partial charge < -0.3 is 10.6 Å². The van der Waals surface area contributed by atoms with E-state index in [-0.39, 0.29) is 15.7 Å². The highest BCUT2D eigenvalue weighted by molar-refractivity contribution is 7.91. The lowest BCUT2D eigenvalue weighted by Gasteiger charge is -2.32. The fourth-order valence-electron chi connectivity index (χ4n) is 2.14. The summed E-state index contributed by atoms with van der Waals surface area (Å²) in [5.41, 5.74) is 5.99. The molecule has 2 rings (SSSR count). The summed E-state index contributed by atoms with van der Waals surface area (Å²) >= 11 is 5.88. The van der Waals surface area contributed by atoms with Gasteiger partial charge in [0.15, 0.2) is 9.84 Å². The summed E-state index contributed by atoms with van der Waals surface area (Å²) in [6.07, 6.45) is 0. The van der Waals surface area contributed by atoms with Crippen molar-refractivity contribution in [2.24, 2.45) is 0 Å². The maximum Gasteiger partial charge on any atom is 0.179 e. The quantitative estimate of drug-likeness (QED) is 0.837. The van der Waals surface area contributed by atoms with Crippen LogP contribution in [0.3, 0.4) is 0 Å². The van der Waals surface area contributed by atoms with E-state index < -0.39 is 9.84 Å². The lowest BCUT2D eigenvalue weighted by molar-refractivity contribution is 0.161. The molecule has 0 amide bonds. The lowest BCUT2D eigenvalue weighted by atomic mass is 10.3. The Bertz CT molecular complexity index is 569. The summed E-state index contributed by atoms with van der Waals surface area (Å²) in [5, 5.41) is 0.283. The molecule has 1 aromatic carbocycles. The number of nitrogen functional groups attached to an aromatic ring is 1. The molecule has 1 fully saturated rings. The molecule has 0 aliphatic carbocycles. The van der Waals surface area contributed by atoms with E-state index in [2.05, 4.69) is 16.8 Å². The first-order valence-corrected chi connectivity index (χ1v) is 8.60. The third kappa shape index (κ3) is 3.85. The molecule has 1 aromatic rings. The minimum Gasteiger partial charge on any atom is -0.398 e. The molecular formula is C13H20ClN3O2S. The number of likely N-dealkylation sites (N-methyl/N-ethyl adjacent to an activating group) is 1. The van der Waals surface area contributed by atoms with E-state index in [1.54, 1.807) is 0 Å². The van der Waals surface area contributed by atoms with Crippen LogP contribution in [0.2, 0.25) is 5.02 Å². The molecule has 1 heterocycles. The van der Waals surface area contributed by atoms with Crippen LogP contribution in [0, 0.1) is 0 Å². The summed E-state index contributed by atoms with van der Waals surface area (Å²) < 4.78 is 24.5. The van der Waals surface area contributed by atoms with Gasteiger partial charge in [0.25, 0.3) is 0 Å². The van der Waals surface area contributed by atoms with Crippen LogP contribution in [-0.2, 0) is 9.84 Å². The van der Waals surface area contributed by atoms with Crippen LogP contribution in [0.1, 0.15) is 0 Å². The largest absolute Gasteiger partial charge is 0.398 e. The van der Waals surface area contributed by atoms with Crippen molar-refractivity contribution in [2.45, 2.75) is 4.90 Å². The normalized spacial score (nSPS) is 18.3. The number of rotatable bonds is 4. The highest BCUT2D eigenvalue weighted by Gasteiger charge is 2.19.